The molecule has 0 aliphatic carbocycles. The van der Waals surface area contributed by atoms with E-state index >= 15 is 0 Å². The third-order valence-electron chi connectivity index (χ3n) is 10.1. The molecule has 13 heteroatoms. The Morgan fingerprint density at radius 2 is 1.46 bits per heavy atom. The van der Waals surface area contributed by atoms with E-state index < -0.39 is 5.60 Å². The average Bonchev–Trinajstić information content (AvgIpc) is 3.92. The second-order valence-corrected chi connectivity index (χ2v) is 15.1. The largest absolute Gasteiger partial charge is 0.495 e. The summed E-state index contributed by atoms with van der Waals surface area (Å²) in [5.41, 5.74) is 10.3. The third-order valence-corrected chi connectivity index (χ3v) is 10.1. The molecular formula is C48H49FN8O4. The maximum atomic E-state index is 13.0. The van der Waals surface area contributed by atoms with Crippen LogP contribution in [0.15, 0.2) is 144 Å². The first-order valence-electron chi connectivity index (χ1n) is 19.9. The third kappa shape index (κ3) is 10.4. The highest BCUT2D eigenvalue weighted by Crippen LogP contribution is 2.29. The number of carbonyl (C=O) groups excluding carboxylic acids is 1. The summed E-state index contributed by atoms with van der Waals surface area (Å²) in [4.78, 5) is 29.7. The number of aliphatic hydroxyl groups is 1. The van der Waals surface area contributed by atoms with Crippen molar-refractivity contribution in [3.8, 4) is 17.1 Å². The van der Waals surface area contributed by atoms with Gasteiger partial charge in [-0.3, -0.25) is 4.79 Å². The summed E-state index contributed by atoms with van der Waals surface area (Å²) >= 11 is 0. The van der Waals surface area contributed by atoms with Gasteiger partial charge in [0.05, 0.1) is 29.3 Å². The van der Waals surface area contributed by atoms with Crippen LogP contribution in [0.4, 0.5) is 21.8 Å². The highest BCUT2D eigenvalue weighted by molar-refractivity contribution is 5.92. The lowest BCUT2D eigenvalue weighted by molar-refractivity contribution is 0.0632. The second-order valence-electron chi connectivity index (χ2n) is 15.1. The fourth-order valence-corrected chi connectivity index (χ4v) is 6.88. The minimum atomic E-state index is -1.04. The highest BCUT2D eigenvalue weighted by Gasteiger charge is 2.25. The zero-order valence-corrected chi connectivity index (χ0v) is 34.6. The van der Waals surface area contributed by atoms with Gasteiger partial charge < -0.3 is 39.7 Å². The highest BCUT2D eigenvalue weighted by atomic mass is 19.1. The molecule has 0 spiro atoms. The molecule has 9 rings (SSSR count). The van der Waals surface area contributed by atoms with Crippen LogP contribution in [0.25, 0.3) is 33.3 Å². The molecule has 1 aliphatic rings. The molecule has 0 bridgehead atoms. The quantitative estimate of drug-likeness (QED) is 0.136. The van der Waals surface area contributed by atoms with Crippen molar-refractivity contribution in [2.45, 2.75) is 26.0 Å². The topological polar surface area (TPSA) is 148 Å². The lowest BCUT2D eigenvalue weighted by Crippen LogP contribution is -2.47. The Labute approximate surface area is 354 Å². The van der Waals surface area contributed by atoms with E-state index in [0.29, 0.717) is 29.9 Å². The van der Waals surface area contributed by atoms with Gasteiger partial charge in [0.1, 0.15) is 34.6 Å². The molecule has 1 aliphatic heterocycles. The summed E-state index contributed by atoms with van der Waals surface area (Å²) < 4.78 is 26.0. The Bertz CT molecular complexity index is 2700. The first kappa shape index (κ1) is 42.0. The lowest BCUT2D eigenvalue weighted by atomic mass is 10.1. The SMILES string of the molecule is CC(C)(O)c1nc2ccccc2n1Cc1ccc(F)cc1.CN1CCN(C(=O)c2ccc(-c3ccccc3)o2)CC1.COc1ccccc1Nc1nc(N)c2ccccc2n1. The van der Waals surface area contributed by atoms with Crippen molar-refractivity contribution >= 4 is 45.3 Å². The number of rotatable bonds is 8. The van der Waals surface area contributed by atoms with Crippen LogP contribution >= 0.6 is 0 Å². The van der Waals surface area contributed by atoms with Crippen molar-refractivity contribution in [1.82, 2.24) is 29.3 Å². The number of halogens is 1. The van der Waals surface area contributed by atoms with E-state index in [0.717, 1.165) is 76.4 Å². The molecule has 1 fully saturated rings. The summed E-state index contributed by atoms with van der Waals surface area (Å²) in [5.74, 6) is 3.13. The fourth-order valence-electron chi connectivity index (χ4n) is 6.88. The van der Waals surface area contributed by atoms with Crippen LogP contribution < -0.4 is 15.8 Å². The maximum Gasteiger partial charge on any atom is 0.289 e. The number of imidazole rings is 1. The molecule has 4 heterocycles. The van der Waals surface area contributed by atoms with Gasteiger partial charge in [-0.15, -0.1) is 0 Å². The predicted molar refractivity (Wildman–Crippen MR) is 238 cm³/mol. The van der Waals surface area contributed by atoms with Crippen molar-refractivity contribution in [1.29, 1.82) is 0 Å². The molecule has 4 N–H and O–H groups in total. The van der Waals surface area contributed by atoms with Crippen molar-refractivity contribution in [2.24, 2.45) is 0 Å². The number of nitrogens with one attached hydrogen (secondary N) is 1. The summed E-state index contributed by atoms with van der Waals surface area (Å²) in [7, 11) is 3.69. The molecule has 0 saturated carbocycles. The van der Waals surface area contributed by atoms with Crippen LogP contribution in [0.2, 0.25) is 0 Å². The van der Waals surface area contributed by atoms with E-state index in [2.05, 4.69) is 32.2 Å². The number of hydrogen-bond acceptors (Lipinski definition) is 10. The van der Waals surface area contributed by atoms with Gasteiger partial charge in [0.25, 0.3) is 5.91 Å². The zero-order chi connectivity index (χ0) is 42.9. The number of nitrogens with two attached hydrogens (primary N) is 1. The minimum absolute atomic E-state index is 0.0136. The monoisotopic (exact) mass is 820 g/mol. The molecule has 12 nitrogen and oxygen atoms in total. The standard InChI is InChI=1S/C17H17FN2O.C16H18N2O2.C15H14N4O/c1-17(2,21)16-19-14-5-3-4-6-15(14)20(16)11-12-7-9-13(18)10-8-12;1-17-9-11-18(12-10-17)16(19)15-8-7-14(20-15)13-5-3-2-4-6-13;1-20-13-9-5-4-8-12(13)18-15-17-11-7-3-2-6-10(11)14(16)19-15/h3-10,21H,11H2,1-2H3;2-8H,9-12H2,1H3;2-9H,1H3,(H3,16,17,18,19). The lowest BCUT2D eigenvalue weighted by Gasteiger charge is -2.31. The van der Waals surface area contributed by atoms with Crippen molar-refractivity contribution in [3.05, 3.63) is 162 Å². The van der Waals surface area contributed by atoms with Gasteiger partial charge in [-0.05, 0) is 87.1 Å². The molecular weight excluding hydrogens is 772 g/mol. The normalized spacial score (nSPS) is 12.9. The van der Waals surface area contributed by atoms with Gasteiger partial charge in [0.2, 0.25) is 5.95 Å². The number of hydrogen-bond donors (Lipinski definition) is 3. The predicted octanol–water partition coefficient (Wildman–Crippen LogP) is 8.75. The van der Waals surface area contributed by atoms with E-state index in [1.165, 1.54) is 12.1 Å². The van der Waals surface area contributed by atoms with Crippen molar-refractivity contribution < 1.29 is 23.4 Å². The average molecular weight is 821 g/mol. The molecule has 1 saturated heterocycles. The second kappa shape index (κ2) is 18.9. The summed E-state index contributed by atoms with van der Waals surface area (Å²) in [6, 6.07) is 42.8. The summed E-state index contributed by atoms with van der Waals surface area (Å²) in [5, 5.41) is 14.3. The number of furan rings is 1. The number of fused-ring (bicyclic) bond motifs is 2. The Morgan fingerprint density at radius 3 is 2.18 bits per heavy atom. The number of carbonyl (C=O) groups is 1. The number of piperazine rings is 1. The zero-order valence-electron chi connectivity index (χ0n) is 34.6. The number of aromatic nitrogens is 4. The molecule has 1 amide bonds. The Kier molecular flexibility index (Phi) is 13.0. The number of benzene rings is 5. The first-order chi connectivity index (χ1) is 29.5. The number of para-hydroxylation sites is 5. The van der Waals surface area contributed by atoms with Crippen LogP contribution in [0.1, 0.15) is 35.8 Å². The molecule has 3 aromatic heterocycles. The van der Waals surface area contributed by atoms with E-state index in [-0.39, 0.29) is 11.7 Å². The minimum Gasteiger partial charge on any atom is -0.495 e. The molecule has 312 valence electrons. The van der Waals surface area contributed by atoms with Crippen LogP contribution in [-0.4, -0.2) is 80.7 Å². The van der Waals surface area contributed by atoms with Crippen molar-refractivity contribution in [3.63, 3.8) is 0 Å². The Balaban J connectivity index is 0.000000138. The van der Waals surface area contributed by atoms with Gasteiger partial charge >= 0.3 is 0 Å². The fraction of sp³-hybridized carbons (Fsp3) is 0.208. The smallest absolute Gasteiger partial charge is 0.289 e. The number of nitrogen functional groups attached to an aromatic ring is 1. The van der Waals surface area contributed by atoms with E-state index in [1.807, 2.05) is 119 Å². The van der Waals surface area contributed by atoms with E-state index in [1.54, 1.807) is 39.2 Å². The molecule has 0 unspecified atom stereocenters. The summed E-state index contributed by atoms with van der Waals surface area (Å²) in [6.45, 7) is 7.33. The van der Waals surface area contributed by atoms with Gasteiger partial charge in [-0.2, -0.15) is 4.98 Å². The van der Waals surface area contributed by atoms with Crippen LogP contribution in [0, 0.1) is 5.82 Å². The maximum absolute atomic E-state index is 13.0. The van der Waals surface area contributed by atoms with E-state index in [9.17, 15) is 14.3 Å². The molecule has 8 aromatic rings. The number of amides is 1. The first-order valence-corrected chi connectivity index (χ1v) is 19.9. The van der Waals surface area contributed by atoms with Gasteiger partial charge in [0.15, 0.2) is 5.76 Å². The molecule has 61 heavy (non-hydrogen) atoms. The number of likely N-dealkylation sites (N-methyl/N-ethyl adjacent to an activating group) is 1. The van der Waals surface area contributed by atoms with Crippen LogP contribution in [0.3, 0.4) is 0 Å². The van der Waals surface area contributed by atoms with Gasteiger partial charge in [-0.1, -0.05) is 78.9 Å². The van der Waals surface area contributed by atoms with Crippen molar-refractivity contribution in [2.75, 3.05) is 51.4 Å². The Morgan fingerprint density at radius 1 is 0.803 bits per heavy atom. The molecule has 0 radical (unpaired) electrons. The van der Waals surface area contributed by atoms with Crippen LogP contribution in [-0.2, 0) is 12.1 Å². The molecule has 0 atom stereocenters. The summed E-state index contributed by atoms with van der Waals surface area (Å²) in [6.07, 6.45) is 0. The van der Waals surface area contributed by atoms with E-state index in [4.69, 9.17) is 14.9 Å². The van der Waals surface area contributed by atoms with Gasteiger partial charge in [-0.25, -0.2) is 14.4 Å². The van der Waals surface area contributed by atoms with Crippen LogP contribution in [0.5, 0.6) is 5.75 Å². The number of anilines is 3. The number of ether oxygens (including phenoxy) is 1. The number of methoxy groups -OCH3 is 1. The number of nitrogens with zero attached hydrogens (tertiary/aromatic N) is 6. The Hall–Kier alpha value is -7.09. The molecule has 5 aromatic carbocycles. The van der Waals surface area contributed by atoms with Gasteiger partial charge in [0, 0.05) is 43.7 Å².